The summed E-state index contributed by atoms with van der Waals surface area (Å²) in [6, 6.07) is 22.1. The van der Waals surface area contributed by atoms with Gasteiger partial charge >= 0.3 is 5.97 Å². The molecule has 0 spiro atoms. The highest BCUT2D eigenvalue weighted by Crippen LogP contribution is 2.36. The summed E-state index contributed by atoms with van der Waals surface area (Å²) in [7, 11) is 0. The van der Waals surface area contributed by atoms with Crippen LogP contribution in [-0.4, -0.2) is 28.4 Å². The van der Waals surface area contributed by atoms with Gasteiger partial charge in [-0.15, -0.1) is 0 Å². The monoisotopic (exact) mass is 518 g/mol. The molecule has 1 amide bonds. The highest BCUT2D eigenvalue weighted by atomic mass is 16.6. The second kappa shape index (κ2) is 10.9. The number of aromatic nitrogens is 1. The van der Waals surface area contributed by atoms with Crippen molar-refractivity contribution in [1.29, 1.82) is 5.26 Å². The molecule has 0 atom stereocenters. The van der Waals surface area contributed by atoms with Gasteiger partial charge < -0.3 is 10.1 Å². The normalized spacial score (nSPS) is 13.4. The van der Waals surface area contributed by atoms with Gasteiger partial charge in [-0.3, -0.25) is 14.9 Å². The quantitative estimate of drug-likeness (QED) is 0.197. The number of anilines is 1. The molecule has 1 aromatic heterocycles. The van der Waals surface area contributed by atoms with E-state index in [9.17, 15) is 25.0 Å². The fraction of sp³-hybridized carbons (Fsp3) is 0.133. The summed E-state index contributed by atoms with van der Waals surface area (Å²) in [6.45, 7) is -0.527. The van der Waals surface area contributed by atoms with E-state index < -0.39 is 23.4 Å². The topological polar surface area (TPSA) is 135 Å². The van der Waals surface area contributed by atoms with E-state index in [0.717, 1.165) is 17.6 Å². The average molecular weight is 519 g/mol. The first-order chi connectivity index (χ1) is 18.9. The number of nitrogens with one attached hydrogen (secondary N) is 1. The molecule has 4 aromatic rings. The molecule has 5 rings (SSSR count). The summed E-state index contributed by atoms with van der Waals surface area (Å²) in [4.78, 5) is 41.6. The number of hydrogen-bond donors (Lipinski definition) is 1. The molecule has 192 valence electrons. The number of hydrogen-bond acceptors (Lipinski definition) is 7. The molecule has 0 aliphatic heterocycles. The third-order valence-electron chi connectivity index (χ3n) is 6.45. The molecule has 3 aromatic carbocycles. The molecule has 0 radical (unpaired) electrons. The van der Waals surface area contributed by atoms with E-state index in [2.05, 4.69) is 5.32 Å². The van der Waals surface area contributed by atoms with Gasteiger partial charge in [0.25, 0.3) is 11.6 Å². The van der Waals surface area contributed by atoms with Gasteiger partial charge in [0, 0.05) is 17.5 Å². The summed E-state index contributed by atoms with van der Waals surface area (Å²) in [5.74, 6) is -1.21. The molecule has 1 aliphatic carbocycles. The number of carbonyl (C=O) groups excluding carboxylic acids is 2. The maximum absolute atomic E-state index is 13.4. The van der Waals surface area contributed by atoms with Crippen molar-refractivity contribution in [3.8, 4) is 6.07 Å². The summed E-state index contributed by atoms with van der Waals surface area (Å²) >= 11 is 0. The van der Waals surface area contributed by atoms with Gasteiger partial charge in [-0.1, -0.05) is 42.5 Å². The van der Waals surface area contributed by atoms with Gasteiger partial charge in [0.2, 0.25) is 0 Å². The maximum atomic E-state index is 13.4. The van der Waals surface area contributed by atoms with Crippen molar-refractivity contribution in [1.82, 2.24) is 4.98 Å². The van der Waals surface area contributed by atoms with E-state index in [-0.39, 0.29) is 5.69 Å². The standard InChI is InChI=1S/C30H22N4O5/c31-17-21-8-1-3-13-25(21)32-27(35)18-39-30(36)28-23-11-2-4-14-26(23)33-29-20(9-6-12-24(28)29)15-19-7-5-10-22(16-19)34(37)38/h1-5,7-8,10-11,13-16H,6,9,12,18H2,(H,32,35). The van der Waals surface area contributed by atoms with Gasteiger partial charge in [-0.05, 0) is 60.2 Å². The number of carbonyl (C=O) groups is 2. The van der Waals surface area contributed by atoms with E-state index in [1.54, 1.807) is 54.6 Å². The van der Waals surface area contributed by atoms with Crippen molar-refractivity contribution in [3.63, 3.8) is 0 Å². The molecule has 0 unspecified atom stereocenters. The van der Waals surface area contributed by atoms with Gasteiger partial charge in [-0.25, -0.2) is 9.78 Å². The van der Waals surface area contributed by atoms with Crippen molar-refractivity contribution < 1.29 is 19.2 Å². The van der Waals surface area contributed by atoms with Crippen LogP contribution in [0, 0.1) is 21.4 Å². The first kappa shape index (κ1) is 25.3. The number of esters is 1. The minimum Gasteiger partial charge on any atom is -0.452 e. The predicted octanol–water partition coefficient (Wildman–Crippen LogP) is 5.69. The molecule has 9 nitrogen and oxygen atoms in total. The minimum atomic E-state index is -0.648. The number of fused-ring (bicyclic) bond motifs is 2. The fourth-order valence-electron chi connectivity index (χ4n) is 4.72. The smallest absolute Gasteiger partial charge is 0.339 e. The zero-order valence-corrected chi connectivity index (χ0v) is 20.7. The number of non-ortho nitro benzene ring substituents is 1. The molecule has 0 bridgehead atoms. The molecule has 1 N–H and O–H groups in total. The number of para-hydroxylation sites is 2. The highest BCUT2D eigenvalue weighted by molar-refractivity contribution is 6.07. The Bertz CT molecular complexity index is 1700. The van der Waals surface area contributed by atoms with E-state index >= 15 is 0 Å². The first-order valence-electron chi connectivity index (χ1n) is 12.3. The van der Waals surface area contributed by atoms with Crippen molar-refractivity contribution in [2.75, 3.05) is 11.9 Å². The van der Waals surface area contributed by atoms with Crippen LogP contribution in [0.4, 0.5) is 11.4 Å². The second-order valence-corrected chi connectivity index (χ2v) is 8.99. The number of ether oxygens (including phenoxy) is 1. The number of rotatable bonds is 6. The third-order valence-corrected chi connectivity index (χ3v) is 6.45. The number of nitro groups is 1. The lowest BCUT2D eigenvalue weighted by Gasteiger charge is -2.22. The third kappa shape index (κ3) is 5.36. The molecule has 1 heterocycles. The van der Waals surface area contributed by atoms with Crippen LogP contribution in [0.3, 0.4) is 0 Å². The van der Waals surface area contributed by atoms with Crippen molar-refractivity contribution in [3.05, 3.63) is 111 Å². The Balaban J connectivity index is 1.47. The van der Waals surface area contributed by atoms with E-state index in [0.29, 0.717) is 51.8 Å². The molecule has 9 heteroatoms. The Morgan fingerprint density at radius 1 is 1.08 bits per heavy atom. The van der Waals surface area contributed by atoms with Crippen molar-refractivity contribution >= 4 is 45.8 Å². The Morgan fingerprint density at radius 2 is 1.87 bits per heavy atom. The van der Waals surface area contributed by atoms with E-state index in [1.807, 2.05) is 18.2 Å². The molecule has 0 fully saturated rings. The Morgan fingerprint density at radius 3 is 2.69 bits per heavy atom. The number of allylic oxidation sites excluding steroid dienone is 1. The Labute approximate surface area is 223 Å². The molecule has 0 saturated heterocycles. The zero-order chi connectivity index (χ0) is 27.4. The largest absolute Gasteiger partial charge is 0.452 e. The number of benzene rings is 3. The minimum absolute atomic E-state index is 0.00760. The van der Waals surface area contributed by atoms with Gasteiger partial charge in [0.15, 0.2) is 6.61 Å². The van der Waals surface area contributed by atoms with E-state index in [4.69, 9.17) is 9.72 Å². The average Bonchev–Trinajstić information content (AvgIpc) is 2.95. The van der Waals surface area contributed by atoms with Crippen LogP contribution >= 0.6 is 0 Å². The fourth-order valence-corrected chi connectivity index (χ4v) is 4.72. The SMILES string of the molecule is N#Cc1ccccc1NC(=O)COC(=O)c1c2c(nc3ccccc13)C(=Cc1cccc([N+](=O)[O-])c1)CCC2. The maximum Gasteiger partial charge on any atom is 0.339 e. The summed E-state index contributed by atoms with van der Waals surface area (Å²) in [5, 5.41) is 23.7. The number of nitrogens with zero attached hydrogens (tertiary/aromatic N) is 3. The predicted molar refractivity (Wildman–Crippen MR) is 146 cm³/mol. The molecular formula is C30H22N4O5. The zero-order valence-electron chi connectivity index (χ0n) is 20.7. The van der Waals surface area contributed by atoms with E-state index in [1.165, 1.54) is 12.1 Å². The van der Waals surface area contributed by atoms with Crippen molar-refractivity contribution in [2.45, 2.75) is 19.3 Å². The first-order valence-corrected chi connectivity index (χ1v) is 12.3. The second-order valence-electron chi connectivity index (χ2n) is 8.99. The molecular weight excluding hydrogens is 496 g/mol. The van der Waals surface area contributed by atoms with Crippen LogP contribution in [0.5, 0.6) is 0 Å². The van der Waals surface area contributed by atoms with Crippen LogP contribution in [0.15, 0.2) is 72.8 Å². The lowest BCUT2D eigenvalue weighted by molar-refractivity contribution is -0.384. The number of amides is 1. The van der Waals surface area contributed by atoms with Gasteiger partial charge in [0.1, 0.15) is 6.07 Å². The van der Waals surface area contributed by atoms with Crippen LogP contribution in [0.25, 0.3) is 22.6 Å². The van der Waals surface area contributed by atoms with Crippen LogP contribution in [0.2, 0.25) is 0 Å². The highest BCUT2D eigenvalue weighted by Gasteiger charge is 2.26. The molecule has 0 saturated carbocycles. The summed E-state index contributed by atoms with van der Waals surface area (Å²) in [5.41, 5.74) is 4.48. The van der Waals surface area contributed by atoms with Crippen LogP contribution < -0.4 is 5.32 Å². The number of nitro benzene ring substituents is 1. The summed E-state index contributed by atoms with van der Waals surface area (Å²) in [6.07, 6.45) is 3.89. The Kier molecular flexibility index (Phi) is 7.10. The Hall–Kier alpha value is -5.36. The van der Waals surface area contributed by atoms with Gasteiger partial charge in [0.05, 0.1) is 32.9 Å². The lowest BCUT2D eigenvalue weighted by Crippen LogP contribution is -2.23. The molecule has 39 heavy (non-hydrogen) atoms. The van der Waals surface area contributed by atoms with Crippen LogP contribution in [-0.2, 0) is 16.0 Å². The van der Waals surface area contributed by atoms with Gasteiger partial charge in [-0.2, -0.15) is 5.26 Å². The van der Waals surface area contributed by atoms with Crippen LogP contribution in [0.1, 0.15) is 45.6 Å². The van der Waals surface area contributed by atoms with Crippen molar-refractivity contribution in [2.24, 2.45) is 0 Å². The molecule has 1 aliphatic rings. The lowest BCUT2D eigenvalue weighted by atomic mass is 9.86. The summed E-state index contributed by atoms with van der Waals surface area (Å²) < 4.78 is 5.45. The number of pyridine rings is 1. The number of nitriles is 1.